The Bertz CT molecular complexity index is 906. The monoisotopic (exact) mass is 368 g/mol. The fraction of sp³-hybridized carbons (Fsp3) is 0.450. The number of hydrogen-bond acceptors (Lipinski definition) is 3. The van der Waals surface area contributed by atoms with Crippen molar-refractivity contribution in [2.75, 3.05) is 18.4 Å². The molecule has 0 radical (unpaired) electrons. The van der Waals surface area contributed by atoms with E-state index in [2.05, 4.69) is 16.5 Å². The number of carbonyl (C=O) groups excluding carboxylic acids is 1. The zero-order valence-electron chi connectivity index (χ0n) is 15.6. The lowest BCUT2D eigenvalue weighted by Gasteiger charge is -2.23. The van der Waals surface area contributed by atoms with Gasteiger partial charge >= 0.3 is 12.0 Å². The van der Waals surface area contributed by atoms with E-state index in [0.717, 1.165) is 24.1 Å². The van der Waals surface area contributed by atoms with E-state index in [1.165, 1.54) is 5.56 Å². The van der Waals surface area contributed by atoms with E-state index in [-0.39, 0.29) is 18.5 Å². The van der Waals surface area contributed by atoms with Gasteiger partial charge in [-0.05, 0) is 44.2 Å². The van der Waals surface area contributed by atoms with Crippen LogP contribution in [0.5, 0.6) is 0 Å². The number of carboxylic acids is 1. The van der Waals surface area contributed by atoms with Crippen molar-refractivity contribution in [3.8, 4) is 5.69 Å². The van der Waals surface area contributed by atoms with Crippen LogP contribution in [0.1, 0.15) is 30.4 Å². The second kappa shape index (κ2) is 6.40. The minimum atomic E-state index is -0.775. The van der Waals surface area contributed by atoms with Crippen molar-refractivity contribution in [3.05, 3.63) is 41.7 Å². The second-order valence-electron chi connectivity index (χ2n) is 7.82. The highest BCUT2D eigenvalue weighted by Crippen LogP contribution is 2.48. The van der Waals surface area contributed by atoms with Crippen LogP contribution < -0.4 is 5.32 Å². The highest BCUT2D eigenvalue weighted by molar-refractivity contribution is 5.90. The largest absolute Gasteiger partial charge is 0.481 e. The standard InChI is InChI=1S/C20H24N4O3/c1-13-5-6-17(14(2)8-13)24-11-16(9-21-24)22-19(27)23-10-15-4-3-7-20(15,12-23)18(25)26/h5-6,8-9,11,15H,3-4,7,10,12H2,1-2H3,(H,22,27)(H,25,26)/t15-,20+/m0/s1. The molecule has 0 bridgehead atoms. The number of likely N-dealkylation sites (tertiary alicyclic amines) is 1. The first-order valence-corrected chi connectivity index (χ1v) is 9.31. The minimum absolute atomic E-state index is 0.0543. The maximum Gasteiger partial charge on any atom is 0.321 e. The summed E-state index contributed by atoms with van der Waals surface area (Å²) in [6, 6.07) is 5.85. The summed E-state index contributed by atoms with van der Waals surface area (Å²) in [4.78, 5) is 26.1. The highest BCUT2D eigenvalue weighted by Gasteiger charge is 2.55. The number of nitrogens with one attached hydrogen (secondary N) is 1. The quantitative estimate of drug-likeness (QED) is 0.871. The number of nitrogens with zero attached hydrogens (tertiary/aromatic N) is 3. The summed E-state index contributed by atoms with van der Waals surface area (Å²) in [7, 11) is 0. The number of hydrogen-bond donors (Lipinski definition) is 2. The lowest BCUT2D eigenvalue weighted by Crippen LogP contribution is -2.38. The lowest BCUT2D eigenvalue weighted by atomic mass is 9.81. The molecule has 2 fully saturated rings. The van der Waals surface area contributed by atoms with Crippen molar-refractivity contribution < 1.29 is 14.7 Å². The molecule has 27 heavy (non-hydrogen) atoms. The van der Waals surface area contributed by atoms with Crippen molar-refractivity contribution in [1.29, 1.82) is 0 Å². The number of carbonyl (C=O) groups is 2. The van der Waals surface area contributed by atoms with Crippen LogP contribution in [0.3, 0.4) is 0 Å². The van der Waals surface area contributed by atoms with Crippen LogP contribution in [0.2, 0.25) is 0 Å². The van der Waals surface area contributed by atoms with Gasteiger partial charge in [0, 0.05) is 13.1 Å². The molecule has 4 rings (SSSR count). The second-order valence-corrected chi connectivity index (χ2v) is 7.82. The smallest absolute Gasteiger partial charge is 0.321 e. The number of benzene rings is 1. The van der Waals surface area contributed by atoms with Crippen molar-refractivity contribution >= 4 is 17.7 Å². The Morgan fingerprint density at radius 2 is 2.15 bits per heavy atom. The Morgan fingerprint density at radius 1 is 1.33 bits per heavy atom. The van der Waals surface area contributed by atoms with E-state index in [0.29, 0.717) is 18.7 Å². The third-order valence-electron chi connectivity index (χ3n) is 6.02. The van der Waals surface area contributed by atoms with Gasteiger partial charge in [-0.2, -0.15) is 5.10 Å². The molecular weight excluding hydrogens is 344 g/mol. The molecule has 2 heterocycles. The fourth-order valence-electron chi connectivity index (χ4n) is 4.58. The zero-order chi connectivity index (χ0) is 19.2. The summed E-state index contributed by atoms with van der Waals surface area (Å²) in [6.45, 7) is 4.85. The fourth-order valence-corrected chi connectivity index (χ4v) is 4.58. The van der Waals surface area contributed by atoms with Crippen molar-refractivity contribution in [2.45, 2.75) is 33.1 Å². The molecule has 7 heteroatoms. The van der Waals surface area contributed by atoms with Gasteiger partial charge in [-0.15, -0.1) is 0 Å². The van der Waals surface area contributed by atoms with Gasteiger partial charge in [-0.3, -0.25) is 4.79 Å². The third-order valence-corrected chi connectivity index (χ3v) is 6.02. The molecule has 0 spiro atoms. The number of anilines is 1. The number of urea groups is 1. The number of rotatable bonds is 3. The van der Waals surface area contributed by atoms with Gasteiger partial charge in [-0.25, -0.2) is 9.48 Å². The molecule has 2 amide bonds. The number of carboxylic acid groups (broad SMARTS) is 1. The summed E-state index contributed by atoms with van der Waals surface area (Å²) in [5, 5.41) is 16.9. The van der Waals surface area contributed by atoms with E-state index in [4.69, 9.17) is 0 Å². The van der Waals surface area contributed by atoms with Gasteiger partial charge in [0.1, 0.15) is 0 Å². The molecule has 1 saturated carbocycles. The van der Waals surface area contributed by atoms with Crippen LogP contribution in [-0.4, -0.2) is 44.9 Å². The Morgan fingerprint density at radius 3 is 2.85 bits per heavy atom. The van der Waals surface area contributed by atoms with Gasteiger partial charge in [0.05, 0.1) is 29.2 Å². The van der Waals surface area contributed by atoms with Gasteiger partial charge in [-0.1, -0.05) is 24.1 Å². The first kappa shape index (κ1) is 17.6. The normalized spacial score (nSPS) is 24.1. The molecule has 0 unspecified atom stereocenters. The predicted molar refractivity (Wildman–Crippen MR) is 101 cm³/mol. The summed E-state index contributed by atoms with van der Waals surface area (Å²) in [5.41, 5.74) is 3.08. The Balaban J connectivity index is 1.47. The van der Waals surface area contributed by atoms with Crippen LogP contribution in [0.15, 0.2) is 30.6 Å². The molecule has 1 aromatic carbocycles. The van der Waals surface area contributed by atoms with Gasteiger partial charge < -0.3 is 15.3 Å². The lowest BCUT2D eigenvalue weighted by molar-refractivity contribution is -0.149. The molecule has 1 aromatic heterocycles. The van der Waals surface area contributed by atoms with Gasteiger partial charge in [0.15, 0.2) is 0 Å². The zero-order valence-corrected chi connectivity index (χ0v) is 15.6. The molecule has 2 N–H and O–H groups in total. The molecule has 7 nitrogen and oxygen atoms in total. The first-order valence-electron chi connectivity index (χ1n) is 9.31. The molecule has 1 aliphatic heterocycles. The molecular formula is C20H24N4O3. The Kier molecular flexibility index (Phi) is 4.17. The average Bonchev–Trinajstić information content (AvgIpc) is 3.28. The summed E-state index contributed by atoms with van der Waals surface area (Å²) in [6.07, 6.45) is 5.84. The van der Waals surface area contributed by atoms with Crippen molar-refractivity contribution in [3.63, 3.8) is 0 Å². The highest BCUT2D eigenvalue weighted by atomic mass is 16.4. The van der Waals surface area contributed by atoms with E-state index < -0.39 is 11.4 Å². The summed E-state index contributed by atoms with van der Waals surface area (Å²) >= 11 is 0. The van der Waals surface area contributed by atoms with Crippen LogP contribution in [0.25, 0.3) is 5.69 Å². The minimum Gasteiger partial charge on any atom is -0.481 e. The van der Waals surface area contributed by atoms with E-state index in [1.54, 1.807) is 22.0 Å². The molecule has 1 aliphatic carbocycles. The Labute approximate surface area is 158 Å². The average molecular weight is 368 g/mol. The number of amides is 2. The third kappa shape index (κ3) is 2.97. The topological polar surface area (TPSA) is 87.5 Å². The molecule has 142 valence electrons. The number of aromatic nitrogens is 2. The van der Waals surface area contributed by atoms with Gasteiger partial charge in [0.2, 0.25) is 0 Å². The summed E-state index contributed by atoms with van der Waals surface area (Å²) < 4.78 is 1.74. The number of aryl methyl sites for hydroxylation is 2. The number of fused-ring (bicyclic) bond motifs is 1. The molecule has 2 aromatic rings. The molecule has 2 atom stereocenters. The molecule has 1 saturated heterocycles. The van der Waals surface area contributed by atoms with Crippen molar-refractivity contribution in [1.82, 2.24) is 14.7 Å². The van der Waals surface area contributed by atoms with Crippen LogP contribution in [0, 0.1) is 25.2 Å². The van der Waals surface area contributed by atoms with Crippen LogP contribution in [-0.2, 0) is 4.79 Å². The van der Waals surface area contributed by atoms with E-state index in [1.807, 2.05) is 26.0 Å². The number of aliphatic carboxylic acids is 1. The van der Waals surface area contributed by atoms with Gasteiger partial charge in [0.25, 0.3) is 0 Å². The SMILES string of the molecule is Cc1ccc(-n2cc(NC(=O)N3C[C@@H]4CCC[C@@]4(C(=O)O)C3)cn2)c(C)c1. The van der Waals surface area contributed by atoms with Crippen molar-refractivity contribution in [2.24, 2.45) is 11.3 Å². The first-order chi connectivity index (χ1) is 12.9. The van der Waals surface area contributed by atoms with E-state index >= 15 is 0 Å². The maximum atomic E-state index is 12.7. The Hall–Kier alpha value is -2.83. The summed E-state index contributed by atoms with van der Waals surface area (Å²) in [5.74, 6) is -0.721. The maximum absolute atomic E-state index is 12.7. The predicted octanol–water partition coefficient (Wildman–Crippen LogP) is 3.21. The van der Waals surface area contributed by atoms with E-state index in [9.17, 15) is 14.7 Å². The molecule has 2 aliphatic rings. The van der Waals surface area contributed by atoms with Crippen LogP contribution >= 0.6 is 0 Å². The van der Waals surface area contributed by atoms with Crippen LogP contribution in [0.4, 0.5) is 10.5 Å².